The van der Waals surface area contributed by atoms with E-state index < -0.39 is 64.0 Å². The van der Waals surface area contributed by atoms with Crippen molar-refractivity contribution in [2.75, 3.05) is 12.3 Å². The number of aryl methyl sites for hydroxylation is 1. The summed E-state index contributed by atoms with van der Waals surface area (Å²) in [5.74, 6) is -6.51. The average molecular weight is 442 g/mol. The van der Waals surface area contributed by atoms with Crippen LogP contribution in [0.2, 0.25) is 0 Å². The van der Waals surface area contributed by atoms with Gasteiger partial charge < -0.3 is 21.3 Å². The summed E-state index contributed by atoms with van der Waals surface area (Å²) in [5, 5.41) is 9.28. The number of phenols is 1. The first-order chi connectivity index (χ1) is 14.3. The van der Waals surface area contributed by atoms with Gasteiger partial charge in [0, 0.05) is 10.9 Å². The number of nitrogens with zero attached hydrogens (tertiary/aromatic N) is 2. The Balaban J connectivity index is 2.33. The Morgan fingerprint density at radius 3 is 2.52 bits per heavy atom. The average Bonchev–Trinajstić information content (AvgIpc) is 3.11. The first-order valence-corrected chi connectivity index (χ1v) is 8.83. The molecule has 12 heteroatoms. The third-order valence-corrected chi connectivity index (χ3v) is 5.18. The lowest BCUT2D eigenvalue weighted by Gasteiger charge is -2.17. The zero-order valence-corrected chi connectivity index (χ0v) is 16.1. The summed E-state index contributed by atoms with van der Waals surface area (Å²) in [6.07, 6.45) is -5.21. The number of anilines is 1. The van der Waals surface area contributed by atoms with Gasteiger partial charge in [0.2, 0.25) is 0 Å². The van der Waals surface area contributed by atoms with Gasteiger partial charge in [-0.25, -0.2) is 4.98 Å². The number of primary amides is 1. The van der Waals surface area contributed by atoms with Crippen molar-refractivity contribution in [3.63, 3.8) is 0 Å². The van der Waals surface area contributed by atoms with Gasteiger partial charge >= 0.3 is 12.1 Å². The van der Waals surface area contributed by atoms with Crippen molar-refractivity contribution in [1.82, 2.24) is 9.55 Å². The zero-order valence-electron chi connectivity index (χ0n) is 16.1. The fourth-order valence-corrected chi connectivity index (χ4v) is 3.84. The number of aromatic hydroxyl groups is 1. The molecule has 1 aromatic carbocycles. The molecular formula is C19H15F5N4O3. The van der Waals surface area contributed by atoms with Gasteiger partial charge in [0.25, 0.3) is 5.91 Å². The summed E-state index contributed by atoms with van der Waals surface area (Å²) < 4.78 is 76.2. The topological polar surface area (TPSA) is 116 Å². The second-order valence-electron chi connectivity index (χ2n) is 7.19. The van der Waals surface area contributed by atoms with Crippen LogP contribution >= 0.6 is 0 Å². The van der Waals surface area contributed by atoms with Crippen molar-refractivity contribution >= 4 is 22.6 Å². The van der Waals surface area contributed by atoms with Crippen LogP contribution < -0.4 is 16.2 Å². The van der Waals surface area contributed by atoms with E-state index in [-0.39, 0.29) is 17.0 Å². The van der Waals surface area contributed by atoms with E-state index in [9.17, 15) is 31.9 Å². The summed E-state index contributed by atoms with van der Waals surface area (Å²) in [6, 6.07) is 2.80. The molecule has 0 spiro atoms. The van der Waals surface area contributed by atoms with Crippen LogP contribution in [0.1, 0.15) is 32.9 Å². The summed E-state index contributed by atoms with van der Waals surface area (Å²) in [6.45, 7) is 1.79. The van der Waals surface area contributed by atoms with Crippen molar-refractivity contribution in [3.05, 3.63) is 40.2 Å². The first kappa shape index (κ1) is 20.7. The zero-order chi connectivity index (χ0) is 23.0. The molecule has 0 bridgehead atoms. The molecule has 0 radical (unpaired) electrons. The number of carbonyl (C=O) groups is 1. The number of nitrogens with two attached hydrogens (primary N) is 2. The number of rotatable bonds is 2. The molecule has 5 N–H and O–H groups in total. The normalized spacial score (nSPS) is 15.2. The van der Waals surface area contributed by atoms with Crippen LogP contribution in [0.5, 0.6) is 11.5 Å². The highest BCUT2D eigenvalue weighted by atomic mass is 19.4. The highest BCUT2D eigenvalue weighted by Crippen LogP contribution is 2.51. The van der Waals surface area contributed by atoms with E-state index in [0.29, 0.717) is 5.56 Å². The lowest BCUT2D eigenvalue weighted by atomic mass is 10.1. The molecule has 0 fully saturated rings. The van der Waals surface area contributed by atoms with Gasteiger partial charge in [0.05, 0.1) is 11.3 Å². The number of hydrogen-bond donors (Lipinski definition) is 3. The van der Waals surface area contributed by atoms with Crippen molar-refractivity contribution in [2.45, 2.75) is 25.9 Å². The number of nitrogen functional groups attached to an aromatic ring is 1. The lowest BCUT2D eigenvalue weighted by molar-refractivity contribution is -0.140. The lowest BCUT2D eigenvalue weighted by Crippen LogP contribution is -2.19. The summed E-state index contributed by atoms with van der Waals surface area (Å²) >= 11 is 0. The van der Waals surface area contributed by atoms with Gasteiger partial charge in [-0.05, 0) is 25.5 Å². The predicted octanol–water partition coefficient (Wildman–Crippen LogP) is 3.53. The van der Waals surface area contributed by atoms with Gasteiger partial charge in [-0.15, -0.1) is 0 Å². The molecule has 7 nitrogen and oxygen atoms in total. The number of amides is 1. The molecule has 3 aromatic rings. The van der Waals surface area contributed by atoms with Crippen molar-refractivity contribution < 1.29 is 36.6 Å². The fourth-order valence-electron chi connectivity index (χ4n) is 3.84. The summed E-state index contributed by atoms with van der Waals surface area (Å²) in [5.41, 5.74) is 7.86. The highest BCUT2D eigenvalue weighted by molar-refractivity contribution is 6.14. The molecule has 4 rings (SSSR count). The quantitative estimate of drug-likeness (QED) is 0.525. The Kier molecular flexibility index (Phi) is 4.15. The van der Waals surface area contributed by atoms with Crippen molar-refractivity contribution in [2.24, 2.45) is 5.73 Å². The molecule has 2 aromatic heterocycles. The molecule has 3 heterocycles. The monoisotopic (exact) mass is 442 g/mol. The van der Waals surface area contributed by atoms with Crippen molar-refractivity contribution in [3.8, 4) is 17.2 Å². The maximum Gasteiger partial charge on any atom is 0.434 e. The Hall–Kier alpha value is -3.57. The number of alkyl halides is 5. The maximum absolute atomic E-state index is 14.3. The van der Waals surface area contributed by atoms with E-state index in [1.807, 2.05) is 0 Å². The number of fused-ring (bicyclic) bond motifs is 3. The third kappa shape index (κ3) is 2.77. The number of aromatic nitrogens is 2. The number of benzene rings is 1. The second-order valence-corrected chi connectivity index (χ2v) is 7.19. The molecule has 0 atom stereocenters. The highest BCUT2D eigenvalue weighted by Gasteiger charge is 2.49. The third-order valence-electron chi connectivity index (χ3n) is 5.18. The van der Waals surface area contributed by atoms with Gasteiger partial charge in [-0.3, -0.25) is 9.36 Å². The van der Waals surface area contributed by atoms with Gasteiger partial charge in [0.1, 0.15) is 17.1 Å². The SMILES string of the molecule is Cc1ccc(O)c(C)c1-n1c(N)c(C(N)=O)c2c(C(F)(F)F)nc3c(c21)OCC3(F)F. The molecule has 0 saturated heterocycles. The molecule has 0 aliphatic carbocycles. The maximum atomic E-state index is 14.3. The van der Waals surface area contributed by atoms with Crippen molar-refractivity contribution in [1.29, 1.82) is 0 Å². The second kappa shape index (κ2) is 6.22. The molecule has 0 saturated carbocycles. The summed E-state index contributed by atoms with van der Waals surface area (Å²) in [4.78, 5) is 15.3. The molecule has 31 heavy (non-hydrogen) atoms. The van der Waals surface area contributed by atoms with E-state index in [4.69, 9.17) is 16.2 Å². The van der Waals surface area contributed by atoms with E-state index in [0.717, 1.165) is 4.57 Å². The number of ether oxygens (including phenoxy) is 1. The van der Waals surface area contributed by atoms with Crippen LogP contribution in [0.15, 0.2) is 12.1 Å². The first-order valence-electron chi connectivity index (χ1n) is 8.83. The molecule has 1 amide bonds. The largest absolute Gasteiger partial charge is 0.508 e. The minimum atomic E-state index is -5.21. The molecular weight excluding hydrogens is 427 g/mol. The Labute approximate surface area is 171 Å². The van der Waals surface area contributed by atoms with Crippen LogP contribution in [0.3, 0.4) is 0 Å². The van der Waals surface area contributed by atoms with Crippen LogP contribution in [-0.4, -0.2) is 27.2 Å². The van der Waals surface area contributed by atoms with E-state index in [1.54, 1.807) is 6.92 Å². The predicted molar refractivity (Wildman–Crippen MR) is 99.5 cm³/mol. The molecule has 1 aliphatic heterocycles. The number of carbonyl (C=O) groups excluding carboxylic acids is 1. The molecule has 1 aliphatic rings. The van der Waals surface area contributed by atoms with Gasteiger partial charge in [0.15, 0.2) is 23.7 Å². The minimum absolute atomic E-state index is 0.0929. The fraction of sp³-hybridized carbons (Fsp3) is 0.263. The standard InChI is InChI=1S/C19H15F5N4O3/c1-6-3-4-8(29)7(2)11(6)28-12-9(10(16(28)25)17(26)30)14(19(22,23)24)27-15-13(12)31-5-18(15,20)21/h3-4,29H,5,25H2,1-2H3,(H2,26,30). The van der Waals surface area contributed by atoms with E-state index in [1.165, 1.54) is 19.1 Å². The van der Waals surface area contributed by atoms with Crippen LogP contribution in [0, 0.1) is 13.8 Å². The summed E-state index contributed by atoms with van der Waals surface area (Å²) in [7, 11) is 0. The van der Waals surface area contributed by atoms with E-state index >= 15 is 0 Å². The van der Waals surface area contributed by atoms with Crippen LogP contribution in [-0.2, 0) is 12.1 Å². The Morgan fingerprint density at radius 2 is 1.94 bits per heavy atom. The number of pyridine rings is 1. The van der Waals surface area contributed by atoms with E-state index in [2.05, 4.69) is 4.98 Å². The van der Waals surface area contributed by atoms with Gasteiger partial charge in [-0.1, -0.05) is 6.07 Å². The Morgan fingerprint density at radius 1 is 1.29 bits per heavy atom. The molecule has 164 valence electrons. The minimum Gasteiger partial charge on any atom is -0.508 e. The van der Waals surface area contributed by atoms with Gasteiger partial charge in [-0.2, -0.15) is 22.0 Å². The Bertz CT molecular complexity index is 1280. The van der Waals surface area contributed by atoms with Crippen LogP contribution in [0.25, 0.3) is 16.6 Å². The van der Waals surface area contributed by atoms with Crippen LogP contribution in [0.4, 0.5) is 27.8 Å². The smallest absolute Gasteiger partial charge is 0.434 e. The molecule has 0 unspecified atom stereocenters. The number of phenolic OH excluding ortho intramolecular Hbond substituents is 1. The number of halogens is 5. The number of hydrogen-bond acceptors (Lipinski definition) is 5.